The normalized spacial score (nSPS) is 11.1. The summed E-state index contributed by atoms with van der Waals surface area (Å²) in [7, 11) is 3.43. The Morgan fingerprint density at radius 3 is 2.54 bits per heavy atom. The van der Waals surface area contributed by atoms with E-state index in [1.807, 2.05) is 48.5 Å². The van der Waals surface area contributed by atoms with E-state index in [0.29, 0.717) is 13.2 Å². The highest BCUT2D eigenvalue weighted by Crippen LogP contribution is 2.28. The Balaban J connectivity index is 1.92. The number of nitrogens with one attached hydrogen (secondary N) is 2. The molecule has 0 saturated heterocycles. The SMILES string of the molecule is CN=C(NCCSC)NCc1ccc(OCc2ccccc2)c(OC)c1. The number of aliphatic imine (C=N–C) groups is 1. The number of nitrogens with zero attached hydrogens (tertiary/aromatic N) is 1. The Morgan fingerprint density at radius 1 is 1.04 bits per heavy atom. The molecular formula is C20H27N3O2S. The molecule has 0 bridgehead atoms. The van der Waals surface area contributed by atoms with Crippen molar-refractivity contribution in [2.45, 2.75) is 13.2 Å². The topological polar surface area (TPSA) is 54.9 Å². The first-order valence-corrected chi connectivity index (χ1v) is 9.93. The zero-order valence-electron chi connectivity index (χ0n) is 15.6. The van der Waals surface area contributed by atoms with Crippen molar-refractivity contribution in [2.24, 2.45) is 4.99 Å². The van der Waals surface area contributed by atoms with Gasteiger partial charge in [-0.3, -0.25) is 4.99 Å². The average Bonchev–Trinajstić information content (AvgIpc) is 2.70. The van der Waals surface area contributed by atoms with Crippen molar-refractivity contribution in [3.8, 4) is 11.5 Å². The third kappa shape index (κ3) is 6.52. The van der Waals surface area contributed by atoms with Gasteiger partial charge in [-0.1, -0.05) is 36.4 Å². The van der Waals surface area contributed by atoms with Crippen molar-refractivity contribution >= 4 is 17.7 Å². The highest BCUT2D eigenvalue weighted by atomic mass is 32.2. The van der Waals surface area contributed by atoms with Crippen molar-refractivity contribution in [1.82, 2.24) is 10.6 Å². The fourth-order valence-electron chi connectivity index (χ4n) is 2.35. The maximum atomic E-state index is 5.90. The summed E-state index contributed by atoms with van der Waals surface area (Å²) in [5, 5.41) is 6.59. The standard InChI is InChI=1S/C20H27N3O2S/c1-21-20(22-11-12-26-3)23-14-17-9-10-18(19(13-17)24-2)25-15-16-7-5-4-6-8-16/h4-10,13H,11-12,14-15H2,1-3H3,(H2,21,22,23). The van der Waals surface area contributed by atoms with Crippen LogP contribution in [0, 0.1) is 0 Å². The van der Waals surface area contributed by atoms with Crippen LogP contribution in [-0.4, -0.2) is 38.7 Å². The van der Waals surface area contributed by atoms with Gasteiger partial charge < -0.3 is 20.1 Å². The predicted molar refractivity (Wildman–Crippen MR) is 110 cm³/mol. The van der Waals surface area contributed by atoms with E-state index in [9.17, 15) is 0 Å². The lowest BCUT2D eigenvalue weighted by Crippen LogP contribution is -2.37. The Labute approximate surface area is 160 Å². The molecule has 0 saturated carbocycles. The van der Waals surface area contributed by atoms with E-state index in [-0.39, 0.29) is 0 Å². The number of hydrogen-bond donors (Lipinski definition) is 2. The van der Waals surface area contributed by atoms with E-state index in [0.717, 1.165) is 40.9 Å². The lowest BCUT2D eigenvalue weighted by Gasteiger charge is -2.14. The summed E-state index contributed by atoms with van der Waals surface area (Å²) in [5.41, 5.74) is 2.22. The Kier molecular flexibility index (Phi) is 8.69. The summed E-state index contributed by atoms with van der Waals surface area (Å²) in [4.78, 5) is 4.23. The molecule has 0 amide bonds. The summed E-state index contributed by atoms with van der Waals surface area (Å²) in [6.45, 7) is 2.06. The van der Waals surface area contributed by atoms with Gasteiger partial charge in [-0.25, -0.2) is 0 Å². The molecule has 6 heteroatoms. The molecule has 2 N–H and O–H groups in total. The number of ether oxygens (including phenoxy) is 2. The van der Waals surface area contributed by atoms with Gasteiger partial charge in [-0.15, -0.1) is 0 Å². The van der Waals surface area contributed by atoms with Gasteiger partial charge >= 0.3 is 0 Å². The molecule has 0 spiro atoms. The van der Waals surface area contributed by atoms with E-state index in [1.54, 1.807) is 25.9 Å². The molecule has 0 aromatic heterocycles. The number of guanidine groups is 1. The van der Waals surface area contributed by atoms with Crippen molar-refractivity contribution in [3.63, 3.8) is 0 Å². The molecule has 0 aliphatic carbocycles. The molecule has 26 heavy (non-hydrogen) atoms. The molecule has 0 heterocycles. The largest absolute Gasteiger partial charge is 0.493 e. The van der Waals surface area contributed by atoms with Crippen LogP contribution >= 0.6 is 11.8 Å². The van der Waals surface area contributed by atoms with Crippen LogP contribution in [0.25, 0.3) is 0 Å². The van der Waals surface area contributed by atoms with Gasteiger partial charge in [-0.2, -0.15) is 11.8 Å². The van der Waals surface area contributed by atoms with Gasteiger partial charge in [0.05, 0.1) is 7.11 Å². The number of thioether (sulfide) groups is 1. The van der Waals surface area contributed by atoms with Crippen LogP contribution in [0.4, 0.5) is 0 Å². The summed E-state index contributed by atoms with van der Waals surface area (Å²) in [6.07, 6.45) is 2.09. The van der Waals surface area contributed by atoms with Crippen LogP contribution < -0.4 is 20.1 Å². The first kappa shape index (κ1) is 20.0. The molecule has 2 aromatic carbocycles. The monoisotopic (exact) mass is 373 g/mol. The molecule has 0 aliphatic rings. The zero-order valence-corrected chi connectivity index (χ0v) is 16.4. The quantitative estimate of drug-likeness (QED) is 0.401. The molecule has 0 radical (unpaired) electrons. The Hall–Kier alpha value is -2.34. The fraction of sp³-hybridized carbons (Fsp3) is 0.350. The zero-order chi connectivity index (χ0) is 18.6. The first-order valence-electron chi connectivity index (χ1n) is 8.54. The summed E-state index contributed by atoms with van der Waals surface area (Å²) in [5.74, 6) is 3.30. The molecule has 2 rings (SSSR count). The number of methoxy groups -OCH3 is 1. The van der Waals surface area contributed by atoms with Crippen LogP contribution in [0.1, 0.15) is 11.1 Å². The molecule has 2 aromatic rings. The molecular weight excluding hydrogens is 346 g/mol. The van der Waals surface area contributed by atoms with Crippen LogP contribution in [0.5, 0.6) is 11.5 Å². The van der Waals surface area contributed by atoms with Gasteiger partial charge in [-0.05, 0) is 29.5 Å². The van der Waals surface area contributed by atoms with Crippen LogP contribution in [-0.2, 0) is 13.2 Å². The second-order valence-corrected chi connectivity index (χ2v) is 6.59. The molecule has 5 nitrogen and oxygen atoms in total. The van der Waals surface area contributed by atoms with E-state index in [2.05, 4.69) is 21.9 Å². The van der Waals surface area contributed by atoms with Crippen molar-refractivity contribution in [3.05, 3.63) is 59.7 Å². The van der Waals surface area contributed by atoms with Gasteiger partial charge in [0.2, 0.25) is 0 Å². The summed E-state index contributed by atoms with van der Waals surface area (Å²) in [6, 6.07) is 16.1. The first-order chi connectivity index (χ1) is 12.8. The van der Waals surface area contributed by atoms with E-state index in [1.165, 1.54) is 0 Å². The minimum Gasteiger partial charge on any atom is -0.493 e. The average molecular weight is 374 g/mol. The predicted octanol–water partition coefficient (Wildman–Crippen LogP) is 3.30. The smallest absolute Gasteiger partial charge is 0.191 e. The van der Waals surface area contributed by atoms with Gasteiger partial charge in [0, 0.05) is 25.9 Å². The van der Waals surface area contributed by atoms with Crippen LogP contribution in [0.3, 0.4) is 0 Å². The highest BCUT2D eigenvalue weighted by molar-refractivity contribution is 7.98. The summed E-state index contributed by atoms with van der Waals surface area (Å²) < 4.78 is 11.4. The molecule has 0 unspecified atom stereocenters. The Bertz CT molecular complexity index is 693. The van der Waals surface area contributed by atoms with Crippen molar-refractivity contribution in [2.75, 3.05) is 32.7 Å². The number of rotatable bonds is 9. The third-order valence-electron chi connectivity index (χ3n) is 3.75. The maximum Gasteiger partial charge on any atom is 0.191 e. The number of hydrogen-bond acceptors (Lipinski definition) is 4. The van der Waals surface area contributed by atoms with Gasteiger partial charge in [0.15, 0.2) is 17.5 Å². The van der Waals surface area contributed by atoms with Crippen LogP contribution in [0.15, 0.2) is 53.5 Å². The number of benzene rings is 2. The fourth-order valence-corrected chi connectivity index (χ4v) is 2.66. The van der Waals surface area contributed by atoms with Gasteiger partial charge in [0.1, 0.15) is 6.61 Å². The maximum absolute atomic E-state index is 5.90. The van der Waals surface area contributed by atoms with E-state index in [4.69, 9.17) is 9.47 Å². The molecule has 0 fully saturated rings. The second kappa shape index (κ2) is 11.3. The van der Waals surface area contributed by atoms with E-state index >= 15 is 0 Å². The second-order valence-electron chi connectivity index (χ2n) is 5.60. The Morgan fingerprint density at radius 2 is 1.85 bits per heavy atom. The van der Waals surface area contributed by atoms with Gasteiger partial charge in [0.25, 0.3) is 0 Å². The molecule has 140 valence electrons. The molecule has 0 aliphatic heterocycles. The van der Waals surface area contributed by atoms with Crippen molar-refractivity contribution in [1.29, 1.82) is 0 Å². The van der Waals surface area contributed by atoms with Crippen molar-refractivity contribution < 1.29 is 9.47 Å². The summed E-state index contributed by atoms with van der Waals surface area (Å²) >= 11 is 1.80. The molecule has 0 atom stereocenters. The lowest BCUT2D eigenvalue weighted by molar-refractivity contribution is 0.284. The lowest BCUT2D eigenvalue weighted by atomic mass is 10.2. The van der Waals surface area contributed by atoms with Crippen LogP contribution in [0.2, 0.25) is 0 Å². The minimum atomic E-state index is 0.515. The minimum absolute atomic E-state index is 0.515. The third-order valence-corrected chi connectivity index (χ3v) is 4.36. The van der Waals surface area contributed by atoms with E-state index < -0.39 is 0 Å². The highest BCUT2D eigenvalue weighted by Gasteiger charge is 2.07.